The fraction of sp³-hybridized carbons (Fsp3) is 0.174. The molecule has 1 N–H and O–H groups in total. The van der Waals surface area contributed by atoms with Crippen LogP contribution in [0.3, 0.4) is 0 Å². The molecule has 152 valence electrons. The number of hydrogen-bond donors (Lipinski definition) is 1. The Morgan fingerprint density at radius 3 is 2.30 bits per heavy atom. The van der Waals surface area contributed by atoms with Crippen LogP contribution in [0.5, 0.6) is 5.75 Å². The van der Waals surface area contributed by atoms with E-state index in [1.807, 2.05) is 19.9 Å². The van der Waals surface area contributed by atoms with E-state index in [4.69, 9.17) is 4.74 Å². The first-order valence-corrected chi connectivity index (χ1v) is 10.2. The van der Waals surface area contributed by atoms with Crippen molar-refractivity contribution in [3.8, 4) is 5.75 Å². The summed E-state index contributed by atoms with van der Waals surface area (Å²) in [5.41, 5.74) is 1.99. The van der Waals surface area contributed by atoms with E-state index in [1.54, 1.807) is 55.6 Å². The van der Waals surface area contributed by atoms with E-state index in [9.17, 15) is 14.7 Å². The largest absolute Gasteiger partial charge is 0.507 e. The summed E-state index contributed by atoms with van der Waals surface area (Å²) in [5.74, 6) is -0.994. The second-order valence-corrected chi connectivity index (χ2v) is 8.13. The Bertz CT molecular complexity index is 1130. The van der Waals surface area contributed by atoms with Crippen LogP contribution in [0.25, 0.3) is 5.76 Å². The standard InChI is InChI=1S/C23H20N2O4S/c1-13-14(2)30-23(24-13)25-19(15-9-11-17(29-3)12-10-15)18(21(27)22(25)28)20(26)16-7-5-4-6-8-16/h4-12,19,26H,1-3H3/t19-/m0/s1. The van der Waals surface area contributed by atoms with E-state index >= 15 is 0 Å². The molecule has 1 saturated heterocycles. The number of thiazole rings is 1. The van der Waals surface area contributed by atoms with E-state index < -0.39 is 17.7 Å². The molecule has 0 spiro atoms. The molecule has 6 nitrogen and oxygen atoms in total. The van der Waals surface area contributed by atoms with Crippen LogP contribution < -0.4 is 9.64 Å². The Kier molecular flexibility index (Phi) is 5.13. The summed E-state index contributed by atoms with van der Waals surface area (Å²) in [7, 11) is 1.57. The summed E-state index contributed by atoms with van der Waals surface area (Å²) in [6.45, 7) is 3.78. The van der Waals surface area contributed by atoms with Crippen molar-refractivity contribution in [2.24, 2.45) is 0 Å². The highest BCUT2D eigenvalue weighted by molar-refractivity contribution is 7.16. The first-order valence-electron chi connectivity index (χ1n) is 9.36. The number of nitrogens with zero attached hydrogens (tertiary/aromatic N) is 2. The van der Waals surface area contributed by atoms with E-state index in [-0.39, 0.29) is 11.3 Å². The highest BCUT2D eigenvalue weighted by Gasteiger charge is 2.48. The van der Waals surface area contributed by atoms with Crippen LogP contribution in [0.15, 0.2) is 60.2 Å². The number of ether oxygens (including phenoxy) is 1. The number of amides is 1. The molecule has 0 unspecified atom stereocenters. The lowest BCUT2D eigenvalue weighted by molar-refractivity contribution is -0.132. The third-order valence-electron chi connectivity index (χ3n) is 5.15. The molecule has 7 heteroatoms. The van der Waals surface area contributed by atoms with Crippen LogP contribution in [-0.2, 0) is 9.59 Å². The highest BCUT2D eigenvalue weighted by atomic mass is 32.1. The third-order valence-corrected chi connectivity index (χ3v) is 6.22. The Balaban J connectivity index is 1.94. The van der Waals surface area contributed by atoms with E-state index in [0.29, 0.717) is 22.0 Å². The van der Waals surface area contributed by atoms with Gasteiger partial charge < -0.3 is 9.84 Å². The predicted octanol–water partition coefficient (Wildman–Crippen LogP) is 4.39. The molecule has 1 amide bonds. The van der Waals surface area contributed by atoms with E-state index in [1.165, 1.54) is 16.2 Å². The molecule has 1 aliphatic heterocycles. The summed E-state index contributed by atoms with van der Waals surface area (Å²) in [4.78, 5) is 32.9. The number of benzene rings is 2. The number of carbonyl (C=O) groups is 2. The minimum atomic E-state index is -0.791. The van der Waals surface area contributed by atoms with Crippen molar-refractivity contribution < 1.29 is 19.4 Å². The van der Waals surface area contributed by atoms with Crippen LogP contribution in [0, 0.1) is 13.8 Å². The predicted molar refractivity (Wildman–Crippen MR) is 116 cm³/mol. The van der Waals surface area contributed by atoms with Gasteiger partial charge in [0.25, 0.3) is 5.78 Å². The van der Waals surface area contributed by atoms with Crippen LogP contribution in [0.2, 0.25) is 0 Å². The van der Waals surface area contributed by atoms with E-state index in [2.05, 4.69) is 4.98 Å². The van der Waals surface area contributed by atoms with Crippen molar-refractivity contribution in [2.45, 2.75) is 19.9 Å². The zero-order chi connectivity index (χ0) is 21.4. The SMILES string of the molecule is COc1ccc([C@H]2C(=C(O)c3ccccc3)C(=O)C(=O)N2c2nc(C)c(C)s2)cc1. The second kappa shape index (κ2) is 7.76. The molecule has 2 aromatic carbocycles. The van der Waals surface area contributed by atoms with E-state index in [0.717, 1.165) is 10.6 Å². The minimum Gasteiger partial charge on any atom is -0.507 e. The maximum atomic E-state index is 13.1. The Morgan fingerprint density at radius 2 is 1.73 bits per heavy atom. The number of aryl methyl sites for hydroxylation is 2. The maximum Gasteiger partial charge on any atom is 0.301 e. The molecule has 2 heterocycles. The van der Waals surface area contributed by atoms with Crippen molar-refractivity contribution in [1.82, 2.24) is 4.98 Å². The number of Topliss-reactive ketones (excluding diaryl/α,β-unsaturated/α-hetero) is 1. The van der Waals surface area contributed by atoms with Gasteiger partial charge in [-0.1, -0.05) is 42.5 Å². The number of aliphatic hydroxyl groups is 1. The number of aliphatic hydroxyl groups excluding tert-OH is 1. The maximum absolute atomic E-state index is 13.1. The van der Waals surface area contributed by atoms with Gasteiger partial charge in [-0.05, 0) is 31.5 Å². The lowest BCUT2D eigenvalue weighted by Crippen LogP contribution is -2.29. The van der Waals surface area contributed by atoms with Crippen LogP contribution in [0.4, 0.5) is 5.13 Å². The number of carbonyl (C=O) groups excluding carboxylic acids is 2. The van der Waals surface area contributed by atoms with Gasteiger partial charge >= 0.3 is 5.91 Å². The molecule has 4 rings (SSSR count). The molecule has 1 atom stereocenters. The van der Waals surface area contributed by atoms with Crippen molar-refractivity contribution in [3.05, 3.63) is 81.9 Å². The summed E-state index contributed by atoms with van der Waals surface area (Å²) in [6.07, 6.45) is 0. The monoisotopic (exact) mass is 420 g/mol. The molecule has 0 saturated carbocycles. The van der Waals surface area contributed by atoms with Gasteiger partial charge in [0.1, 0.15) is 11.5 Å². The number of ketones is 1. The first-order chi connectivity index (χ1) is 14.4. The second-order valence-electron chi connectivity index (χ2n) is 6.95. The van der Waals surface area contributed by atoms with Crippen molar-refractivity contribution >= 4 is 33.9 Å². The molecule has 1 aromatic heterocycles. The molecule has 30 heavy (non-hydrogen) atoms. The summed E-state index contributed by atoms with van der Waals surface area (Å²) < 4.78 is 5.23. The van der Waals surface area contributed by atoms with Gasteiger partial charge in [0.2, 0.25) is 0 Å². The number of hydrogen-bond acceptors (Lipinski definition) is 6. The zero-order valence-electron chi connectivity index (χ0n) is 16.7. The molecular weight excluding hydrogens is 400 g/mol. The quantitative estimate of drug-likeness (QED) is 0.385. The van der Waals surface area contributed by atoms with Gasteiger partial charge in [0.15, 0.2) is 5.13 Å². The van der Waals surface area contributed by atoms with Gasteiger partial charge in [-0.25, -0.2) is 4.98 Å². The third kappa shape index (κ3) is 3.27. The number of aromatic nitrogens is 1. The normalized spacial score (nSPS) is 18.1. The highest BCUT2D eigenvalue weighted by Crippen LogP contribution is 2.43. The van der Waals surface area contributed by atoms with Crippen LogP contribution in [0.1, 0.15) is 27.7 Å². The fourth-order valence-corrected chi connectivity index (χ4v) is 4.38. The minimum absolute atomic E-state index is 0.0434. The average Bonchev–Trinajstić information content (AvgIpc) is 3.23. The van der Waals surface area contributed by atoms with Gasteiger partial charge in [0.05, 0.1) is 24.4 Å². The van der Waals surface area contributed by atoms with Crippen LogP contribution in [-0.4, -0.2) is 28.9 Å². The summed E-state index contributed by atoms with van der Waals surface area (Å²) >= 11 is 1.35. The Labute approximate surface area is 178 Å². The molecule has 3 aromatic rings. The molecular formula is C23H20N2O4S. The number of anilines is 1. The Hall–Kier alpha value is -3.45. The Morgan fingerprint density at radius 1 is 1.07 bits per heavy atom. The van der Waals surface area contributed by atoms with Gasteiger partial charge in [0, 0.05) is 10.4 Å². The van der Waals surface area contributed by atoms with Gasteiger partial charge in [-0.15, -0.1) is 11.3 Å². The molecule has 1 fully saturated rings. The molecule has 1 aliphatic rings. The van der Waals surface area contributed by atoms with Crippen molar-refractivity contribution in [2.75, 3.05) is 12.0 Å². The molecule has 0 bridgehead atoms. The number of methoxy groups -OCH3 is 1. The van der Waals surface area contributed by atoms with Gasteiger partial charge in [-0.2, -0.15) is 0 Å². The van der Waals surface area contributed by atoms with Crippen molar-refractivity contribution in [3.63, 3.8) is 0 Å². The molecule has 0 radical (unpaired) electrons. The number of rotatable bonds is 4. The van der Waals surface area contributed by atoms with Gasteiger partial charge in [-0.3, -0.25) is 14.5 Å². The topological polar surface area (TPSA) is 79.7 Å². The van der Waals surface area contributed by atoms with Crippen molar-refractivity contribution in [1.29, 1.82) is 0 Å². The zero-order valence-corrected chi connectivity index (χ0v) is 17.6. The smallest absolute Gasteiger partial charge is 0.301 e. The lowest BCUT2D eigenvalue weighted by Gasteiger charge is -2.23. The average molecular weight is 420 g/mol. The first kappa shape index (κ1) is 19.8. The molecule has 0 aliphatic carbocycles. The van der Waals surface area contributed by atoms with Crippen LogP contribution >= 0.6 is 11.3 Å². The summed E-state index contributed by atoms with van der Waals surface area (Å²) in [5, 5.41) is 11.4. The summed E-state index contributed by atoms with van der Waals surface area (Å²) in [6, 6.07) is 15.0. The fourth-order valence-electron chi connectivity index (χ4n) is 3.44. The lowest BCUT2D eigenvalue weighted by atomic mass is 9.95.